The second-order valence-corrected chi connectivity index (χ2v) is 6.08. The van der Waals surface area contributed by atoms with Gasteiger partial charge in [0, 0.05) is 11.7 Å². The first-order valence-electron chi connectivity index (χ1n) is 5.44. The third-order valence-corrected chi connectivity index (χ3v) is 4.55. The number of nitrogens with zero attached hydrogens (tertiary/aromatic N) is 2. The van der Waals surface area contributed by atoms with Gasteiger partial charge in [-0.05, 0) is 12.5 Å². The van der Waals surface area contributed by atoms with E-state index in [0.29, 0.717) is 5.92 Å². The monoisotopic (exact) mass is 251 g/mol. The Balaban J connectivity index is 1.84. The predicted molar refractivity (Wildman–Crippen MR) is 72.6 cm³/mol. The average Bonchev–Trinajstić information content (AvgIpc) is 2.88. The summed E-state index contributed by atoms with van der Waals surface area (Å²) in [6.07, 6.45) is 5.52. The first kappa shape index (κ1) is 10.4. The molecule has 0 spiro atoms. The first-order valence-corrected chi connectivity index (χ1v) is 7.24. The van der Waals surface area contributed by atoms with Crippen LogP contribution in [0.4, 0.5) is 5.13 Å². The van der Waals surface area contributed by atoms with E-state index in [1.807, 2.05) is 0 Å². The van der Waals surface area contributed by atoms with E-state index < -0.39 is 0 Å². The van der Waals surface area contributed by atoms with E-state index in [1.165, 1.54) is 10.6 Å². The lowest BCUT2D eigenvalue weighted by atomic mass is 9.98. The fourth-order valence-electron chi connectivity index (χ4n) is 1.86. The minimum absolute atomic E-state index is 0.546. The first-order chi connectivity index (χ1) is 7.83. The summed E-state index contributed by atoms with van der Waals surface area (Å²) in [7, 11) is 0. The molecule has 84 valence electrons. The number of allylic oxidation sites excluding steroid dienone is 1. The lowest BCUT2D eigenvalue weighted by molar-refractivity contribution is 0.749. The van der Waals surface area contributed by atoms with Crippen molar-refractivity contribution in [3.05, 3.63) is 16.6 Å². The van der Waals surface area contributed by atoms with Gasteiger partial charge < -0.3 is 5.32 Å². The highest BCUT2D eigenvalue weighted by molar-refractivity contribution is 8.14. The maximum atomic E-state index is 4.66. The van der Waals surface area contributed by atoms with Crippen LogP contribution in [0.1, 0.15) is 29.8 Å². The minimum atomic E-state index is 0.546. The number of thiazole rings is 1. The Morgan fingerprint density at radius 3 is 3.19 bits per heavy atom. The van der Waals surface area contributed by atoms with Crippen LogP contribution in [0.3, 0.4) is 0 Å². The molecule has 1 atom stereocenters. The average molecular weight is 251 g/mol. The minimum Gasteiger partial charge on any atom is -0.311 e. The van der Waals surface area contributed by atoms with E-state index in [2.05, 4.69) is 34.4 Å². The summed E-state index contributed by atoms with van der Waals surface area (Å²) in [5.41, 5.74) is 1.23. The number of fused-ring (bicyclic) bond motifs is 1. The van der Waals surface area contributed by atoms with Crippen molar-refractivity contribution >= 4 is 39.5 Å². The van der Waals surface area contributed by atoms with Crippen molar-refractivity contribution in [2.75, 3.05) is 17.6 Å². The summed E-state index contributed by atoms with van der Waals surface area (Å²) in [5.74, 6) is 1.63. The van der Waals surface area contributed by atoms with E-state index in [4.69, 9.17) is 0 Å². The van der Waals surface area contributed by atoms with E-state index in [9.17, 15) is 0 Å². The molecule has 1 aromatic heterocycles. The summed E-state index contributed by atoms with van der Waals surface area (Å²) in [6, 6.07) is 0. The van der Waals surface area contributed by atoms with Gasteiger partial charge in [-0.1, -0.05) is 36.1 Å². The fourth-order valence-corrected chi connectivity index (χ4v) is 3.67. The smallest absolute Gasteiger partial charge is 0.189 e. The number of hydrogen-bond donors (Lipinski definition) is 1. The third-order valence-electron chi connectivity index (χ3n) is 2.71. The number of anilines is 1. The van der Waals surface area contributed by atoms with Gasteiger partial charge in [0.2, 0.25) is 0 Å². The Labute approximate surface area is 103 Å². The van der Waals surface area contributed by atoms with Crippen LogP contribution in [-0.2, 0) is 0 Å². The maximum absolute atomic E-state index is 4.66. The molecule has 1 unspecified atom stereocenters. The van der Waals surface area contributed by atoms with E-state index in [0.717, 1.165) is 29.0 Å². The largest absolute Gasteiger partial charge is 0.311 e. The molecule has 0 aromatic carbocycles. The topological polar surface area (TPSA) is 37.3 Å². The van der Waals surface area contributed by atoms with Crippen molar-refractivity contribution in [3.8, 4) is 0 Å². The Morgan fingerprint density at radius 2 is 2.44 bits per heavy atom. The van der Waals surface area contributed by atoms with Crippen molar-refractivity contribution < 1.29 is 0 Å². The van der Waals surface area contributed by atoms with E-state index >= 15 is 0 Å². The molecular weight excluding hydrogens is 238 g/mol. The summed E-state index contributed by atoms with van der Waals surface area (Å²) < 4.78 is 0. The second-order valence-electron chi connectivity index (χ2n) is 3.97. The molecule has 1 N–H and O–H groups in total. The molecular formula is C11H13N3S2. The molecule has 1 aliphatic heterocycles. The van der Waals surface area contributed by atoms with Gasteiger partial charge in [0.15, 0.2) is 10.3 Å². The molecule has 0 saturated heterocycles. The Hall–Kier alpha value is -0.810. The van der Waals surface area contributed by atoms with Crippen LogP contribution in [0.25, 0.3) is 6.08 Å². The van der Waals surface area contributed by atoms with Crippen molar-refractivity contribution in [3.63, 3.8) is 0 Å². The summed E-state index contributed by atoms with van der Waals surface area (Å²) >= 11 is 3.49. The molecule has 3 rings (SSSR count). The van der Waals surface area contributed by atoms with E-state index in [-0.39, 0.29) is 0 Å². The van der Waals surface area contributed by atoms with Crippen molar-refractivity contribution in [1.82, 2.24) is 4.98 Å². The van der Waals surface area contributed by atoms with Crippen LogP contribution in [0.15, 0.2) is 11.1 Å². The normalized spacial score (nSPS) is 23.1. The molecule has 0 bridgehead atoms. The second kappa shape index (κ2) is 4.22. The molecule has 1 aromatic rings. The van der Waals surface area contributed by atoms with Gasteiger partial charge in [-0.3, -0.25) is 4.99 Å². The van der Waals surface area contributed by atoms with Crippen molar-refractivity contribution in [2.24, 2.45) is 4.99 Å². The number of rotatable bonds is 1. The number of thioether (sulfide) groups is 1. The van der Waals surface area contributed by atoms with Gasteiger partial charge in [0.25, 0.3) is 0 Å². The molecule has 2 heterocycles. The highest BCUT2D eigenvalue weighted by Crippen LogP contribution is 2.35. The van der Waals surface area contributed by atoms with Gasteiger partial charge in [-0.2, -0.15) is 0 Å². The predicted octanol–water partition coefficient (Wildman–Crippen LogP) is 3.18. The number of nitrogens with one attached hydrogen (secondary N) is 1. The molecule has 0 saturated carbocycles. The molecule has 16 heavy (non-hydrogen) atoms. The Kier molecular flexibility index (Phi) is 2.73. The fraction of sp³-hybridized carbons (Fsp3) is 0.455. The van der Waals surface area contributed by atoms with Crippen molar-refractivity contribution in [1.29, 1.82) is 0 Å². The zero-order valence-electron chi connectivity index (χ0n) is 9.06. The van der Waals surface area contributed by atoms with Crippen LogP contribution < -0.4 is 5.32 Å². The summed E-state index contributed by atoms with van der Waals surface area (Å²) in [5, 5.41) is 5.30. The molecule has 1 aliphatic carbocycles. The summed E-state index contributed by atoms with van der Waals surface area (Å²) in [6.45, 7) is 3.15. The van der Waals surface area contributed by atoms with Gasteiger partial charge in [-0.15, -0.1) is 0 Å². The quantitative estimate of drug-likeness (QED) is 0.833. The number of amidine groups is 1. The molecule has 3 nitrogen and oxygen atoms in total. The van der Waals surface area contributed by atoms with Crippen molar-refractivity contribution in [2.45, 2.75) is 19.3 Å². The zero-order valence-corrected chi connectivity index (χ0v) is 10.7. The zero-order chi connectivity index (χ0) is 11.0. The third kappa shape index (κ3) is 1.89. The SMILES string of the molecule is CC1CC=Cc2sc(NC3=NCCS3)nc21. The standard InChI is InChI=1S/C11H13N3S2/c1-7-3-2-4-8-9(7)13-11(16-8)14-10-12-5-6-15-10/h2,4,7H,3,5-6H2,1H3,(H,12,13,14). The van der Waals surface area contributed by atoms with Crippen LogP contribution in [-0.4, -0.2) is 22.4 Å². The highest BCUT2D eigenvalue weighted by Gasteiger charge is 2.19. The lowest BCUT2D eigenvalue weighted by Crippen LogP contribution is -2.05. The number of aromatic nitrogens is 1. The maximum Gasteiger partial charge on any atom is 0.189 e. The van der Waals surface area contributed by atoms with Gasteiger partial charge >= 0.3 is 0 Å². The molecule has 5 heteroatoms. The van der Waals surface area contributed by atoms with Gasteiger partial charge in [-0.25, -0.2) is 4.98 Å². The molecule has 0 radical (unpaired) electrons. The van der Waals surface area contributed by atoms with Crippen LogP contribution in [0.2, 0.25) is 0 Å². The molecule has 0 fully saturated rings. The van der Waals surface area contributed by atoms with Crippen LogP contribution in [0, 0.1) is 0 Å². The Bertz CT molecular complexity index is 462. The van der Waals surface area contributed by atoms with Crippen LogP contribution >= 0.6 is 23.1 Å². The van der Waals surface area contributed by atoms with E-state index in [1.54, 1.807) is 23.1 Å². The number of hydrogen-bond acceptors (Lipinski definition) is 5. The highest BCUT2D eigenvalue weighted by atomic mass is 32.2. The molecule has 0 amide bonds. The molecule has 2 aliphatic rings. The van der Waals surface area contributed by atoms with Gasteiger partial charge in [0.05, 0.1) is 17.1 Å². The Morgan fingerprint density at radius 1 is 1.50 bits per heavy atom. The lowest BCUT2D eigenvalue weighted by Gasteiger charge is -2.10. The number of aliphatic imine (C=N–C) groups is 1. The van der Waals surface area contributed by atoms with Crippen LogP contribution in [0.5, 0.6) is 0 Å². The van der Waals surface area contributed by atoms with Gasteiger partial charge in [0.1, 0.15) is 0 Å². The summed E-state index contributed by atoms with van der Waals surface area (Å²) in [4.78, 5) is 10.3.